The van der Waals surface area contributed by atoms with E-state index in [0.717, 1.165) is 49.6 Å². The van der Waals surface area contributed by atoms with Gasteiger partial charge in [0, 0.05) is 104 Å². The molecule has 3 unspecified atom stereocenters. The molecule has 69 heavy (non-hydrogen) atoms. The van der Waals surface area contributed by atoms with Crippen molar-refractivity contribution >= 4 is 57.5 Å². The number of aldehydes is 1. The monoisotopic (exact) mass is 948 g/mol. The largest absolute Gasteiger partial charge is 0.374 e. The number of amides is 1. The van der Waals surface area contributed by atoms with Crippen molar-refractivity contribution in [3.8, 4) is 0 Å². The van der Waals surface area contributed by atoms with E-state index in [1.165, 1.54) is 29.3 Å². The molecule has 6 heterocycles. The van der Waals surface area contributed by atoms with E-state index in [2.05, 4.69) is 44.2 Å². The third-order valence-corrected chi connectivity index (χ3v) is 14.8. The van der Waals surface area contributed by atoms with Crippen LogP contribution >= 0.6 is 0 Å². The average Bonchev–Trinajstić information content (AvgIpc) is 4.08. The Kier molecular flexibility index (Phi) is 14.1. The Morgan fingerprint density at radius 1 is 1.01 bits per heavy atom. The van der Waals surface area contributed by atoms with E-state index in [9.17, 15) is 19.5 Å². The van der Waals surface area contributed by atoms with Crippen LogP contribution in [0.5, 0.6) is 0 Å². The third-order valence-electron chi connectivity index (χ3n) is 14.8. The molecular formula is C53H60F4N8O4. The molecule has 1 saturated carbocycles. The number of nitrogens with one attached hydrogen (secondary N) is 3. The maximum absolute atomic E-state index is 15.9. The maximum atomic E-state index is 15.9. The number of rotatable bonds is 17. The van der Waals surface area contributed by atoms with Gasteiger partial charge in [0.2, 0.25) is 5.91 Å². The number of aryl methyl sites for hydroxylation is 1. The lowest BCUT2D eigenvalue weighted by Gasteiger charge is -2.32. The fourth-order valence-corrected chi connectivity index (χ4v) is 11.0. The number of pyridine rings is 1. The molecule has 1 amide bonds. The summed E-state index contributed by atoms with van der Waals surface area (Å²) in [6.07, 6.45) is 13.4. The fourth-order valence-electron chi connectivity index (χ4n) is 11.0. The second-order valence-corrected chi connectivity index (χ2v) is 19.1. The number of aromatic amines is 1. The van der Waals surface area contributed by atoms with Crippen molar-refractivity contribution in [2.75, 3.05) is 41.3 Å². The Morgan fingerprint density at radius 2 is 1.80 bits per heavy atom. The van der Waals surface area contributed by atoms with Crippen molar-refractivity contribution in [2.24, 2.45) is 18.9 Å². The average molecular weight is 949 g/mol. The van der Waals surface area contributed by atoms with Crippen molar-refractivity contribution in [1.29, 1.82) is 0 Å². The number of anilines is 3. The molecule has 4 N–H and O–H groups in total. The minimum absolute atomic E-state index is 0.0686. The number of aliphatic hydroxyl groups is 1. The van der Waals surface area contributed by atoms with Crippen molar-refractivity contribution in [1.82, 2.24) is 24.8 Å². The molecule has 9 rings (SSSR count). The second kappa shape index (κ2) is 20.4. The van der Waals surface area contributed by atoms with Crippen LogP contribution < -0.4 is 20.4 Å². The van der Waals surface area contributed by atoms with Crippen LogP contribution in [-0.2, 0) is 16.6 Å². The summed E-state index contributed by atoms with van der Waals surface area (Å²) in [6.45, 7) is 6.47. The molecular weight excluding hydrogens is 889 g/mol. The fraction of sp³-hybridized carbons (Fsp3) is 0.434. The van der Waals surface area contributed by atoms with Crippen LogP contribution in [0.3, 0.4) is 0 Å². The molecule has 364 valence electrons. The normalized spacial score (nSPS) is 22.2. The molecule has 3 aromatic heterocycles. The van der Waals surface area contributed by atoms with Gasteiger partial charge in [-0.05, 0) is 112 Å². The molecule has 12 nitrogen and oxygen atoms in total. The van der Waals surface area contributed by atoms with E-state index in [0.29, 0.717) is 97.9 Å². The van der Waals surface area contributed by atoms with Gasteiger partial charge in [-0.1, -0.05) is 25.8 Å². The zero-order valence-electron chi connectivity index (χ0n) is 39.3. The number of benzene rings is 2. The maximum Gasteiger partial charge on any atom is 0.243 e. The van der Waals surface area contributed by atoms with E-state index in [1.807, 2.05) is 23.8 Å². The van der Waals surface area contributed by atoms with Gasteiger partial charge in [0.1, 0.15) is 35.4 Å². The SMILES string of the molecule is CCCN(CCCCC1CCC(C(=O)c2cc(F)c(C3=CCN([C@@H](C)c4cc5c(N6C=C(F)c7[nH]ccc7C6O)ccnc5n4C)CC3)c(F)c2)CC1)c1ccc(NC2CC(C=O)NC2=O)cc1F. The summed E-state index contributed by atoms with van der Waals surface area (Å²) in [6, 6.07) is 11.5. The van der Waals surface area contributed by atoms with Gasteiger partial charge in [-0.25, -0.2) is 22.5 Å². The smallest absolute Gasteiger partial charge is 0.243 e. The number of fused-ring (bicyclic) bond motifs is 2. The van der Waals surface area contributed by atoms with E-state index < -0.39 is 35.8 Å². The van der Waals surface area contributed by atoms with Gasteiger partial charge in [-0.15, -0.1) is 0 Å². The van der Waals surface area contributed by atoms with E-state index in [1.54, 1.807) is 36.7 Å². The molecule has 0 radical (unpaired) electrons. The summed E-state index contributed by atoms with van der Waals surface area (Å²) in [4.78, 5) is 50.1. The summed E-state index contributed by atoms with van der Waals surface area (Å²) in [5.41, 5.74) is 4.43. The molecule has 4 atom stereocenters. The molecule has 5 aromatic rings. The molecule has 4 aliphatic rings. The highest BCUT2D eigenvalue weighted by molar-refractivity contribution is 5.98. The molecule has 0 bridgehead atoms. The second-order valence-electron chi connectivity index (χ2n) is 19.1. The molecule has 1 aliphatic carbocycles. The highest BCUT2D eigenvalue weighted by Crippen LogP contribution is 2.41. The summed E-state index contributed by atoms with van der Waals surface area (Å²) in [5, 5.41) is 17.6. The summed E-state index contributed by atoms with van der Waals surface area (Å²) >= 11 is 0. The van der Waals surface area contributed by atoms with Crippen LogP contribution in [0.2, 0.25) is 0 Å². The Hall–Kier alpha value is -6.26. The predicted molar refractivity (Wildman–Crippen MR) is 260 cm³/mol. The van der Waals surface area contributed by atoms with Gasteiger partial charge in [-0.2, -0.15) is 0 Å². The first-order valence-electron chi connectivity index (χ1n) is 24.3. The van der Waals surface area contributed by atoms with E-state index in [4.69, 9.17) is 0 Å². The standard InChI is InChI=1S/C53H60F4N8O4/c1-4-20-64(46-13-12-36(26-40(46)54)60-44-27-37(30-66)61-52(44)68)21-6-5-7-32-8-10-34(11-9-32)50(67)35-24-41(55)48(42(56)25-35)33-16-22-63(23-17-33)31(2)47-28-39-45(15-19-59-51(39)62(47)3)65-29-43(57)49-38(53(65)69)14-18-58-49/h12-16,18-19,24-26,28-32,34,37,44,53,58,60,69H,4-11,17,20-23,27H2,1-3H3,(H,61,68)/t31-,32?,34?,37?,44?,53?/m0/s1. The first-order chi connectivity index (χ1) is 33.3. The van der Waals surface area contributed by atoms with Gasteiger partial charge in [0.05, 0.1) is 23.1 Å². The number of nitrogens with zero attached hydrogens (tertiary/aromatic N) is 5. The highest BCUT2D eigenvalue weighted by Gasteiger charge is 2.34. The Labute approximate surface area is 399 Å². The number of ketones is 1. The number of H-pyrrole nitrogens is 1. The number of aliphatic hydroxyl groups excluding tert-OH is 1. The lowest BCUT2D eigenvalue weighted by molar-refractivity contribution is -0.121. The summed E-state index contributed by atoms with van der Waals surface area (Å²) in [5.74, 6) is -2.68. The molecule has 1 saturated heterocycles. The van der Waals surface area contributed by atoms with Crippen LogP contribution in [0.4, 0.5) is 34.6 Å². The number of halogens is 4. The Bertz CT molecular complexity index is 2770. The zero-order chi connectivity index (χ0) is 48.5. The quantitative estimate of drug-likeness (QED) is 0.0311. The zero-order valence-corrected chi connectivity index (χ0v) is 39.3. The van der Waals surface area contributed by atoms with Gasteiger partial charge in [0.25, 0.3) is 0 Å². The Morgan fingerprint density at radius 3 is 2.49 bits per heavy atom. The van der Waals surface area contributed by atoms with Crippen LogP contribution in [0, 0.1) is 29.3 Å². The molecule has 0 spiro atoms. The van der Waals surface area contributed by atoms with Crippen LogP contribution in [-0.4, -0.2) is 80.8 Å². The molecule has 2 aromatic carbocycles. The third kappa shape index (κ3) is 9.70. The minimum Gasteiger partial charge on any atom is -0.374 e. The van der Waals surface area contributed by atoms with E-state index in [-0.39, 0.29) is 46.3 Å². The predicted octanol–water partition coefficient (Wildman–Crippen LogP) is 9.89. The van der Waals surface area contributed by atoms with Crippen LogP contribution in [0.1, 0.15) is 123 Å². The lowest BCUT2D eigenvalue weighted by Crippen LogP contribution is -2.32. The van der Waals surface area contributed by atoms with Gasteiger partial charge >= 0.3 is 0 Å². The number of unbranched alkanes of at least 4 members (excludes halogenated alkanes) is 1. The number of aromatic nitrogens is 3. The first kappa shape index (κ1) is 47.8. The highest BCUT2D eigenvalue weighted by atomic mass is 19.1. The lowest BCUT2D eigenvalue weighted by atomic mass is 9.77. The molecule has 3 aliphatic heterocycles. The number of hydrogen-bond donors (Lipinski definition) is 4. The van der Waals surface area contributed by atoms with Crippen molar-refractivity contribution in [3.63, 3.8) is 0 Å². The molecule has 16 heteroatoms. The van der Waals surface area contributed by atoms with Gasteiger partial charge in [-0.3, -0.25) is 14.5 Å². The number of Topliss-reactive ketones (excluding diaryl/α,β-unsaturated/α-hetero) is 1. The number of carbonyl (C=O) groups is 3. The van der Waals surface area contributed by atoms with E-state index >= 15 is 17.6 Å². The van der Waals surface area contributed by atoms with Crippen LogP contribution in [0.25, 0.3) is 22.4 Å². The summed E-state index contributed by atoms with van der Waals surface area (Å²) < 4.78 is 64.1. The van der Waals surface area contributed by atoms with Gasteiger partial charge in [0.15, 0.2) is 17.8 Å². The Balaban J connectivity index is 0.762. The summed E-state index contributed by atoms with van der Waals surface area (Å²) in [7, 11) is 1.91. The van der Waals surface area contributed by atoms with Crippen molar-refractivity contribution in [3.05, 3.63) is 119 Å². The van der Waals surface area contributed by atoms with Crippen molar-refractivity contribution < 1.29 is 37.1 Å². The minimum atomic E-state index is -1.10. The first-order valence-corrected chi connectivity index (χ1v) is 24.3. The van der Waals surface area contributed by atoms with Gasteiger partial charge < -0.3 is 39.9 Å². The number of carbonyl (C=O) groups excluding carboxylic acids is 3. The molecule has 2 fully saturated rings. The van der Waals surface area contributed by atoms with Crippen molar-refractivity contribution in [2.45, 2.75) is 102 Å². The van der Waals surface area contributed by atoms with Crippen LogP contribution in [0.15, 0.2) is 73.2 Å². The number of hydrogen-bond acceptors (Lipinski definition) is 9. The topological polar surface area (TPSA) is 139 Å².